The molecule has 7 aromatic rings. The predicted molar refractivity (Wildman–Crippen MR) is 201 cm³/mol. The third-order valence-corrected chi connectivity index (χ3v) is 12.8. The van der Waals surface area contributed by atoms with E-state index in [0.717, 1.165) is 62.3 Å². The second-order valence-corrected chi connectivity index (χ2v) is 25.7. The summed E-state index contributed by atoms with van der Waals surface area (Å²) in [5.41, 5.74) is 10.5. The molecule has 5 aromatic heterocycles. The van der Waals surface area contributed by atoms with Crippen LogP contribution < -0.4 is 4.40 Å². The maximum atomic E-state index is 6.21. The average Bonchev–Trinajstić information content (AvgIpc) is 3.60. The number of aromatic nitrogens is 5. The van der Waals surface area contributed by atoms with Crippen molar-refractivity contribution in [2.75, 3.05) is 0 Å². The van der Waals surface area contributed by atoms with Gasteiger partial charge in [-0.3, -0.25) is 9.97 Å². The number of nitrogens with zero attached hydrogens (tertiary/aromatic N) is 5. The Balaban J connectivity index is 0.000000199. The standard InChI is InChI=1S/C23H21N4O.C18H24GeN.Ir/c1-13-12-14(2)25-22-18(13)19-20(28-22)15(10-11-24-19)21-26-16-8-6-7-9-17(16)27(21)23(3,4)5;1-14(2)11-16-12-18(15-9-7-6-8-10-15)20-13-17(16)19(3,4)5;/h6-9,11-12H,1-5H3;6-9,12-14H,11H2,1-5H3;/q2*-1;. The van der Waals surface area contributed by atoms with Crippen LogP contribution in [0, 0.1) is 31.9 Å². The first-order chi connectivity index (χ1) is 22.7. The number of imidazole rings is 1. The largest absolute Gasteiger partial charge is 0.499 e. The Morgan fingerprint density at radius 3 is 2.33 bits per heavy atom. The van der Waals surface area contributed by atoms with Crippen molar-refractivity contribution in [2.45, 2.75) is 77.7 Å². The first-order valence-electron chi connectivity index (χ1n) is 16.7. The molecule has 1 radical (unpaired) electrons. The molecule has 0 saturated carbocycles. The number of rotatable bonds is 5. The molecule has 0 fully saturated rings. The zero-order valence-electron chi connectivity index (χ0n) is 30.2. The summed E-state index contributed by atoms with van der Waals surface area (Å²) in [6, 6.07) is 27.2. The predicted octanol–water partition coefficient (Wildman–Crippen LogP) is 9.85. The van der Waals surface area contributed by atoms with E-state index >= 15 is 0 Å². The van der Waals surface area contributed by atoms with Crippen molar-refractivity contribution >= 4 is 50.9 Å². The number of hydrogen-bond donors (Lipinski definition) is 0. The van der Waals surface area contributed by atoms with Gasteiger partial charge in [-0.25, -0.2) is 4.98 Å². The van der Waals surface area contributed by atoms with Gasteiger partial charge >= 0.3 is 126 Å². The minimum atomic E-state index is -1.86. The molecule has 0 unspecified atom stereocenters. The fourth-order valence-corrected chi connectivity index (χ4v) is 9.80. The Morgan fingerprint density at radius 1 is 0.918 bits per heavy atom. The van der Waals surface area contributed by atoms with Crippen molar-refractivity contribution in [1.29, 1.82) is 0 Å². The van der Waals surface area contributed by atoms with Gasteiger partial charge in [-0.2, -0.15) is 0 Å². The fourth-order valence-electron chi connectivity index (χ4n) is 6.46. The van der Waals surface area contributed by atoms with Crippen molar-refractivity contribution < 1.29 is 24.5 Å². The van der Waals surface area contributed by atoms with Crippen molar-refractivity contribution in [2.24, 2.45) is 5.92 Å². The zero-order chi connectivity index (χ0) is 34.4. The van der Waals surface area contributed by atoms with E-state index < -0.39 is 13.3 Å². The topological polar surface area (TPSA) is 69.6 Å². The monoisotopic (exact) mass is 890 g/mol. The molecule has 7 rings (SSSR count). The van der Waals surface area contributed by atoms with Gasteiger partial charge in [0.15, 0.2) is 0 Å². The Labute approximate surface area is 306 Å². The van der Waals surface area contributed by atoms with Gasteiger partial charge < -0.3 is 8.98 Å². The molecule has 255 valence electrons. The maximum absolute atomic E-state index is 6.21. The van der Waals surface area contributed by atoms with E-state index in [4.69, 9.17) is 14.4 Å². The smallest absolute Gasteiger partial charge is 0.215 e. The van der Waals surface area contributed by atoms with Gasteiger partial charge in [-0.05, 0) is 64.6 Å². The van der Waals surface area contributed by atoms with E-state index in [0.29, 0.717) is 17.2 Å². The van der Waals surface area contributed by atoms with Crippen molar-refractivity contribution in [3.05, 3.63) is 102 Å². The first-order valence-corrected chi connectivity index (χ1v) is 24.1. The maximum Gasteiger partial charge on any atom is 0.215 e. The Kier molecular flexibility index (Phi) is 10.7. The summed E-state index contributed by atoms with van der Waals surface area (Å²) in [5.74, 6) is 8.82. The molecule has 0 amide bonds. The molecule has 0 saturated heterocycles. The number of hydrogen-bond acceptors (Lipinski definition) is 5. The second kappa shape index (κ2) is 14.3. The SMILES string of the molecule is CC(C)Cc1cc(-c2[c-]cccc2)nc[c]1[Ge]([CH3])([CH3])[CH3].Cc1cc(C)c2c(n1)oc1c(-c3nc4ccccc4n3C(C)(C)C)[c-]cnc12.[Ir]. The molecule has 6 nitrogen and oxygen atoms in total. The average molecular weight is 889 g/mol. The summed E-state index contributed by atoms with van der Waals surface area (Å²) < 4.78 is 9.99. The minimum absolute atomic E-state index is 0. The minimum Gasteiger partial charge on any atom is -0.499 e. The summed E-state index contributed by atoms with van der Waals surface area (Å²) in [6.45, 7) is 15.1. The molecule has 49 heavy (non-hydrogen) atoms. The molecule has 8 heteroatoms. The van der Waals surface area contributed by atoms with Crippen LogP contribution in [0.15, 0.2) is 77.5 Å². The summed E-state index contributed by atoms with van der Waals surface area (Å²) in [4.78, 5) is 18.8. The number of pyridine rings is 3. The van der Waals surface area contributed by atoms with E-state index in [9.17, 15) is 0 Å². The number of fused-ring (bicyclic) bond motifs is 4. The quantitative estimate of drug-likeness (QED) is 0.127. The van der Waals surface area contributed by atoms with Gasteiger partial charge in [0.25, 0.3) is 0 Å². The van der Waals surface area contributed by atoms with Gasteiger partial charge in [0.1, 0.15) is 0 Å². The summed E-state index contributed by atoms with van der Waals surface area (Å²) in [7, 11) is 0. The zero-order valence-corrected chi connectivity index (χ0v) is 34.7. The van der Waals surface area contributed by atoms with Crippen LogP contribution >= 0.6 is 0 Å². The molecular formula is C41H45GeIrN5O-2. The normalized spacial score (nSPS) is 12.0. The Hall–Kier alpha value is -3.65. The second-order valence-electron chi connectivity index (χ2n) is 15.1. The van der Waals surface area contributed by atoms with E-state index in [-0.39, 0.29) is 25.6 Å². The fraction of sp³-hybridized carbons (Fsp3) is 0.317. The third kappa shape index (κ3) is 7.59. The molecular weight excluding hydrogens is 843 g/mol. The van der Waals surface area contributed by atoms with E-state index in [1.807, 2.05) is 43.3 Å². The number of para-hydroxylation sites is 2. The molecule has 0 bridgehead atoms. The van der Waals surface area contributed by atoms with Gasteiger partial charge in [0.05, 0.1) is 27.5 Å². The number of benzene rings is 2. The van der Waals surface area contributed by atoms with Crippen LogP contribution in [0.5, 0.6) is 0 Å². The summed E-state index contributed by atoms with van der Waals surface area (Å²) >= 11 is -1.86. The summed E-state index contributed by atoms with van der Waals surface area (Å²) in [6.07, 6.45) is 4.98. The van der Waals surface area contributed by atoms with Crippen LogP contribution in [0.2, 0.25) is 17.3 Å². The molecule has 2 aromatic carbocycles. The van der Waals surface area contributed by atoms with Crippen LogP contribution in [0.3, 0.4) is 0 Å². The van der Waals surface area contributed by atoms with Crippen LogP contribution in [0.1, 0.15) is 51.4 Å². The van der Waals surface area contributed by atoms with E-state index in [2.05, 4.69) is 116 Å². The van der Waals surface area contributed by atoms with E-state index in [1.54, 1.807) is 10.6 Å². The van der Waals surface area contributed by atoms with Gasteiger partial charge in [-0.1, -0.05) is 12.1 Å². The molecule has 0 N–H and O–H groups in total. The molecule has 0 aliphatic heterocycles. The number of aryl methyl sites for hydroxylation is 2. The number of furan rings is 1. The Morgan fingerprint density at radius 2 is 1.65 bits per heavy atom. The van der Waals surface area contributed by atoms with E-state index in [1.165, 1.54) is 5.56 Å². The van der Waals surface area contributed by atoms with Crippen LogP contribution in [-0.2, 0) is 32.1 Å². The third-order valence-electron chi connectivity index (χ3n) is 8.46. The first kappa shape index (κ1) is 36.6. The Bertz CT molecular complexity index is 2240. The van der Waals surface area contributed by atoms with Crippen LogP contribution in [-0.4, -0.2) is 37.8 Å². The van der Waals surface area contributed by atoms with Crippen LogP contribution in [0.25, 0.3) is 55.9 Å². The van der Waals surface area contributed by atoms with Crippen molar-refractivity contribution in [1.82, 2.24) is 24.5 Å². The molecule has 0 spiro atoms. The van der Waals surface area contributed by atoms with Gasteiger partial charge in [0, 0.05) is 37.2 Å². The molecule has 0 atom stereocenters. The van der Waals surface area contributed by atoms with Crippen molar-refractivity contribution in [3.8, 4) is 22.6 Å². The van der Waals surface area contributed by atoms with Gasteiger partial charge in [-0.15, -0.1) is 11.6 Å². The molecule has 0 aliphatic rings. The van der Waals surface area contributed by atoms with Crippen LogP contribution in [0.4, 0.5) is 0 Å². The van der Waals surface area contributed by atoms with Gasteiger partial charge in [0.2, 0.25) is 5.71 Å². The summed E-state index contributed by atoms with van der Waals surface area (Å²) in [5, 5.41) is 0.953. The van der Waals surface area contributed by atoms with Crippen molar-refractivity contribution in [3.63, 3.8) is 0 Å². The molecule has 5 heterocycles. The molecule has 0 aliphatic carbocycles.